The van der Waals surface area contributed by atoms with Gasteiger partial charge in [-0.25, -0.2) is 19.2 Å². The third-order valence-electron chi connectivity index (χ3n) is 2.76. The fourth-order valence-electron chi connectivity index (χ4n) is 1.89. The molecular weight excluding hydrogens is 328 g/mol. The third-order valence-corrected chi connectivity index (χ3v) is 2.76. The summed E-state index contributed by atoms with van der Waals surface area (Å²) in [5.41, 5.74) is -0.298. The molecule has 4 N–H and O–H groups in total. The highest BCUT2D eigenvalue weighted by molar-refractivity contribution is 5.79. The normalized spacial score (nSPS) is 13.0. The fourth-order valence-corrected chi connectivity index (χ4v) is 1.89. The molecule has 2 unspecified atom stereocenters. The highest BCUT2D eigenvalue weighted by Gasteiger charge is 2.31. The Balaban J connectivity index is 3.23. The molecule has 0 bridgehead atoms. The summed E-state index contributed by atoms with van der Waals surface area (Å²) < 4.78 is 9.57. The summed E-state index contributed by atoms with van der Waals surface area (Å²) in [6.07, 6.45) is -3.51. The van der Waals surface area contributed by atoms with Crippen LogP contribution in [0.4, 0.5) is 0 Å². The minimum Gasteiger partial charge on any atom is -0.480 e. The van der Waals surface area contributed by atoms with Gasteiger partial charge in [0.15, 0.2) is 12.2 Å². The molecule has 10 nitrogen and oxygen atoms in total. The first-order valence-corrected chi connectivity index (χ1v) is 6.45. The first kappa shape index (κ1) is 19.1. The van der Waals surface area contributed by atoms with Gasteiger partial charge >= 0.3 is 23.9 Å². The standard InChI is InChI=1S/C14H14O10/c15-9(16)5-23-11(13(19)20)7-3-1-2-4-8(7)12(14(21)22)24-6-10(17)18/h1-4,11-12H,5-6H2,(H,15,16)(H,17,18)(H,19,20)(H,21,22). The quantitative estimate of drug-likeness (QED) is 0.459. The third kappa shape index (κ3) is 5.34. The molecule has 2 atom stereocenters. The number of benzene rings is 1. The number of ether oxygens (including phenoxy) is 2. The van der Waals surface area contributed by atoms with Crippen molar-refractivity contribution in [1.29, 1.82) is 0 Å². The SMILES string of the molecule is O=C(O)COC(C(=O)O)c1ccccc1C(OCC(=O)O)C(=O)O. The Bertz CT molecular complexity index is 583. The van der Waals surface area contributed by atoms with Gasteiger partial charge in [0.2, 0.25) is 0 Å². The number of hydrogen-bond donors (Lipinski definition) is 4. The lowest BCUT2D eigenvalue weighted by atomic mass is 9.97. The number of hydrogen-bond acceptors (Lipinski definition) is 6. The Morgan fingerprint density at radius 2 is 1.08 bits per heavy atom. The van der Waals surface area contributed by atoms with Crippen molar-refractivity contribution in [3.05, 3.63) is 35.4 Å². The van der Waals surface area contributed by atoms with Crippen LogP contribution in [-0.2, 0) is 28.7 Å². The molecule has 0 aliphatic carbocycles. The van der Waals surface area contributed by atoms with Gasteiger partial charge in [-0.15, -0.1) is 0 Å². The zero-order valence-electron chi connectivity index (χ0n) is 12.1. The minimum atomic E-state index is -1.76. The van der Waals surface area contributed by atoms with Gasteiger partial charge in [0.05, 0.1) is 0 Å². The number of rotatable bonds is 10. The predicted molar refractivity (Wildman–Crippen MR) is 74.4 cm³/mol. The van der Waals surface area contributed by atoms with Crippen molar-refractivity contribution in [1.82, 2.24) is 0 Å². The van der Waals surface area contributed by atoms with Crippen molar-refractivity contribution in [2.24, 2.45) is 0 Å². The molecular formula is C14H14O10. The highest BCUT2D eigenvalue weighted by Crippen LogP contribution is 2.29. The summed E-state index contributed by atoms with van der Waals surface area (Å²) in [5.74, 6) is -5.89. The van der Waals surface area contributed by atoms with Crippen molar-refractivity contribution in [2.75, 3.05) is 13.2 Å². The zero-order valence-corrected chi connectivity index (χ0v) is 12.1. The van der Waals surface area contributed by atoms with Gasteiger partial charge in [0, 0.05) is 0 Å². The summed E-state index contributed by atoms with van der Waals surface area (Å²) in [7, 11) is 0. The largest absolute Gasteiger partial charge is 0.480 e. The summed E-state index contributed by atoms with van der Waals surface area (Å²) in [5, 5.41) is 35.6. The summed E-state index contributed by atoms with van der Waals surface area (Å²) in [6.45, 7) is -1.84. The second kappa shape index (κ2) is 8.60. The number of carbonyl (C=O) groups is 4. The van der Waals surface area contributed by atoms with Gasteiger partial charge in [-0.05, 0) is 11.1 Å². The van der Waals surface area contributed by atoms with E-state index in [1.807, 2.05) is 0 Å². The molecule has 0 fully saturated rings. The molecule has 0 aromatic heterocycles. The van der Waals surface area contributed by atoms with Gasteiger partial charge in [-0.2, -0.15) is 0 Å². The number of aliphatic carboxylic acids is 4. The highest BCUT2D eigenvalue weighted by atomic mass is 16.5. The van der Waals surface area contributed by atoms with E-state index in [1.54, 1.807) is 0 Å². The molecule has 10 heteroatoms. The average Bonchev–Trinajstić information content (AvgIpc) is 2.47. The molecule has 130 valence electrons. The smallest absolute Gasteiger partial charge is 0.337 e. The molecule has 24 heavy (non-hydrogen) atoms. The van der Waals surface area contributed by atoms with Crippen LogP contribution in [-0.4, -0.2) is 57.5 Å². The van der Waals surface area contributed by atoms with Crippen molar-refractivity contribution in [3.63, 3.8) is 0 Å². The second-order valence-electron chi connectivity index (χ2n) is 4.47. The van der Waals surface area contributed by atoms with Gasteiger partial charge < -0.3 is 29.9 Å². The number of carboxylic acid groups (broad SMARTS) is 4. The summed E-state index contributed by atoms with van der Waals surface area (Å²) in [6, 6.07) is 5.26. The van der Waals surface area contributed by atoms with Crippen molar-refractivity contribution >= 4 is 23.9 Å². The van der Waals surface area contributed by atoms with Crippen LogP contribution in [0.15, 0.2) is 24.3 Å². The lowest BCUT2D eigenvalue weighted by Crippen LogP contribution is -2.25. The monoisotopic (exact) mass is 342 g/mol. The maximum Gasteiger partial charge on any atom is 0.337 e. The van der Waals surface area contributed by atoms with E-state index in [4.69, 9.17) is 19.7 Å². The molecule has 1 aromatic carbocycles. The molecule has 0 amide bonds. The molecule has 0 saturated carbocycles. The average molecular weight is 342 g/mol. The van der Waals surface area contributed by atoms with E-state index in [2.05, 4.69) is 0 Å². The molecule has 0 saturated heterocycles. The number of carboxylic acids is 4. The maximum atomic E-state index is 11.3. The Kier molecular flexibility index (Phi) is 6.83. The van der Waals surface area contributed by atoms with Crippen LogP contribution in [0.2, 0.25) is 0 Å². The lowest BCUT2D eigenvalue weighted by molar-refractivity contribution is -0.160. The van der Waals surface area contributed by atoms with Crippen molar-refractivity contribution in [2.45, 2.75) is 12.2 Å². The van der Waals surface area contributed by atoms with Crippen molar-refractivity contribution < 1.29 is 49.1 Å². The van der Waals surface area contributed by atoms with Gasteiger partial charge in [0.25, 0.3) is 0 Å². The van der Waals surface area contributed by atoms with Crippen LogP contribution >= 0.6 is 0 Å². The fraction of sp³-hybridized carbons (Fsp3) is 0.286. The van der Waals surface area contributed by atoms with E-state index in [0.29, 0.717) is 0 Å². The van der Waals surface area contributed by atoms with Crippen LogP contribution in [0.25, 0.3) is 0 Å². The van der Waals surface area contributed by atoms with E-state index in [1.165, 1.54) is 24.3 Å². The Morgan fingerprint density at radius 3 is 1.33 bits per heavy atom. The molecule has 0 aliphatic heterocycles. The van der Waals surface area contributed by atoms with E-state index >= 15 is 0 Å². The van der Waals surface area contributed by atoms with Gasteiger partial charge in [-0.1, -0.05) is 24.3 Å². The van der Waals surface area contributed by atoms with Gasteiger partial charge in [-0.3, -0.25) is 0 Å². The van der Waals surface area contributed by atoms with E-state index in [-0.39, 0.29) is 11.1 Å². The van der Waals surface area contributed by atoms with Crippen LogP contribution in [0, 0.1) is 0 Å². The molecule has 0 spiro atoms. The Morgan fingerprint density at radius 1 is 0.750 bits per heavy atom. The zero-order chi connectivity index (χ0) is 18.3. The predicted octanol–water partition coefficient (Wildman–Crippen LogP) is 0.140. The van der Waals surface area contributed by atoms with Gasteiger partial charge in [0.1, 0.15) is 13.2 Å². The van der Waals surface area contributed by atoms with E-state index in [9.17, 15) is 29.4 Å². The molecule has 0 heterocycles. The van der Waals surface area contributed by atoms with Crippen molar-refractivity contribution in [3.8, 4) is 0 Å². The minimum absolute atomic E-state index is 0.149. The first-order chi connectivity index (χ1) is 11.2. The Hall–Kier alpha value is -2.98. The first-order valence-electron chi connectivity index (χ1n) is 6.45. The van der Waals surface area contributed by atoms with Crippen LogP contribution in [0.5, 0.6) is 0 Å². The topological polar surface area (TPSA) is 168 Å². The molecule has 0 aliphatic rings. The summed E-state index contributed by atoms with van der Waals surface area (Å²) >= 11 is 0. The summed E-state index contributed by atoms with van der Waals surface area (Å²) in [4.78, 5) is 43.8. The van der Waals surface area contributed by atoms with Crippen LogP contribution in [0.3, 0.4) is 0 Å². The van der Waals surface area contributed by atoms with E-state index in [0.717, 1.165) is 0 Å². The molecule has 1 aromatic rings. The van der Waals surface area contributed by atoms with Crippen LogP contribution < -0.4 is 0 Å². The second-order valence-corrected chi connectivity index (χ2v) is 4.47. The lowest BCUT2D eigenvalue weighted by Gasteiger charge is -2.20. The maximum absolute atomic E-state index is 11.3. The Labute approximate surface area is 134 Å². The van der Waals surface area contributed by atoms with E-state index < -0.39 is 49.3 Å². The van der Waals surface area contributed by atoms with Crippen LogP contribution in [0.1, 0.15) is 23.3 Å². The molecule has 1 rings (SSSR count). The molecule has 0 radical (unpaired) electrons.